The molecule has 1 aromatic rings. The highest BCUT2D eigenvalue weighted by atomic mass is 16.2. The molecule has 0 radical (unpaired) electrons. The zero-order valence-electron chi connectivity index (χ0n) is 9.20. The molecule has 86 valence electrons. The summed E-state index contributed by atoms with van der Waals surface area (Å²) in [6, 6.07) is -0.467. The first-order valence-corrected chi connectivity index (χ1v) is 4.81. The van der Waals surface area contributed by atoms with Gasteiger partial charge in [0.25, 0.3) is 5.56 Å². The summed E-state index contributed by atoms with van der Waals surface area (Å²) in [5.41, 5.74) is -0.821. The SMILES string of the molecule is CC1Nc2c(c(=O)n(C)c(=O)n2C)NC1=O. The zero-order valence-corrected chi connectivity index (χ0v) is 9.20. The predicted octanol–water partition coefficient (Wildman–Crippen LogP) is -1.16. The van der Waals surface area contributed by atoms with E-state index in [2.05, 4.69) is 10.6 Å². The number of nitrogens with zero attached hydrogens (tertiary/aromatic N) is 2. The van der Waals surface area contributed by atoms with Crippen LogP contribution in [-0.2, 0) is 18.9 Å². The van der Waals surface area contributed by atoms with Crippen LogP contribution in [0, 0.1) is 0 Å². The number of aromatic nitrogens is 2. The summed E-state index contributed by atoms with van der Waals surface area (Å²) < 4.78 is 2.25. The van der Waals surface area contributed by atoms with Gasteiger partial charge >= 0.3 is 5.69 Å². The molecule has 2 rings (SSSR count). The Balaban J connectivity index is 2.79. The number of anilines is 2. The lowest BCUT2D eigenvalue weighted by Crippen LogP contribution is -2.46. The van der Waals surface area contributed by atoms with Crippen LogP contribution in [0.25, 0.3) is 0 Å². The summed E-state index contributed by atoms with van der Waals surface area (Å²) in [5, 5.41) is 5.32. The maximum Gasteiger partial charge on any atom is 0.332 e. The molecule has 16 heavy (non-hydrogen) atoms. The molecule has 2 heterocycles. The molecule has 1 amide bonds. The first kappa shape index (κ1) is 10.5. The molecule has 0 spiro atoms. The molecule has 7 heteroatoms. The third kappa shape index (κ3) is 1.24. The molecule has 0 saturated heterocycles. The Morgan fingerprint density at radius 1 is 1.12 bits per heavy atom. The average Bonchev–Trinajstić information content (AvgIpc) is 2.26. The topological polar surface area (TPSA) is 85.1 Å². The van der Waals surface area contributed by atoms with Gasteiger partial charge in [0.05, 0.1) is 0 Å². The van der Waals surface area contributed by atoms with Crippen molar-refractivity contribution in [1.82, 2.24) is 9.13 Å². The number of carbonyl (C=O) groups is 1. The van der Waals surface area contributed by atoms with Crippen molar-refractivity contribution in [3.63, 3.8) is 0 Å². The average molecular weight is 224 g/mol. The third-order valence-electron chi connectivity index (χ3n) is 2.66. The van der Waals surface area contributed by atoms with Gasteiger partial charge in [-0.3, -0.25) is 18.7 Å². The van der Waals surface area contributed by atoms with Crippen molar-refractivity contribution in [3.05, 3.63) is 20.8 Å². The molecule has 2 N–H and O–H groups in total. The summed E-state index contributed by atoms with van der Waals surface area (Å²) in [5.74, 6) is 0.0587. The highest BCUT2D eigenvalue weighted by Gasteiger charge is 2.26. The second-order valence-corrected chi connectivity index (χ2v) is 3.78. The van der Waals surface area contributed by atoms with Gasteiger partial charge in [0.1, 0.15) is 17.5 Å². The van der Waals surface area contributed by atoms with E-state index in [1.807, 2.05) is 0 Å². The smallest absolute Gasteiger partial charge is 0.332 e. The van der Waals surface area contributed by atoms with E-state index in [0.717, 1.165) is 4.57 Å². The number of hydrogen-bond donors (Lipinski definition) is 2. The van der Waals surface area contributed by atoms with Crippen LogP contribution in [0.15, 0.2) is 9.59 Å². The van der Waals surface area contributed by atoms with Crippen LogP contribution in [-0.4, -0.2) is 21.1 Å². The Labute approximate surface area is 90.7 Å². The van der Waals surface area contributed by atoms with Gasteiger partial charge in [-0.05, 0) is 6.92 Å². The van der Waals surface area contributed by atoms with Crippen molar-refractivity contribution >= 4 is 17.4 Å². The summed E-state index contributed by atoms with van der Waals surface area (Å²) in [6.07, 6.45) is 0. The maximum atomic E-state index is 11.7. The quantitative estimate of drug-likeness (QED) is 0.582. The molecule has 0 saturated carbocycles. The van der Waals surface area contributed by atoms with E-state index in [1.165, 1.54) is 18.7 Å². The minimum atomic E-state index is -0.508. The normalized spacial score (nSPS) is 18.7. The van der Waals surface area contributed by atoms with Crippen molar-refractivity contribution < 1.29 is 4.79 Å². The Morgan fingerprint density at radius 3 is 2.38 bits per heavy atom. The number of fused-ring (bicyclic) bond motifs is 1. The van der Waals surface area contributed by atoms with Gasteiger partial charge in [-0.25, -0.2) is 4.79 Å². The van der Waals surface area contributed by atoms with E-state index in [4.69, 9.17) is 0 Å². The van der Waals surface area contributed by atoms with Gasteiger partial charge in [0.15, 0.2) is 0 Å². The van der Waals surface area contributed by atoms with Gasteiger partial charge in [-0.1, -0.05) is 0 Å². The highest BCUT2D eigenvalue weighted by Crippen LogP contribution is 2.19. The van der Waals surface area contributed by atoms with E-state index in [9.17, 15) is 14.4 Å². The minimum absolute atomic E-state index is 0.118. The molecule has 0 aliphatic carbocycles. The Hall–Kier alpha value is -2.05. The number of rotatable bonds is 0. The van der Waals surface area contributed by atoms with Crippen LogP contribution in [0.1, 0.15) is 6.92 Å². The largest absolute Gasteiger partial charge is 0.358 e. The summed E-state index contributed by atoms with van der Waals surface area (Å²) in [4.78, 5) is 34.8. The number of carbonyl (C=O) groups excluding carboxylic acids is 1. The first-order valence-electron chi connectivity index (χ1n) is 4.81. The molecular formula is C9H12N4O3. The van der Waals surface area contributed by atoms with E-state index >= 15 is 0 Å². The molecule has 0 fully saturated rings. The lowest BCUT2D eigenvalue weighted by molar-refractivity contribution is -0.116. The van der Waals surface area contributed by atoms with Crippen molar-refractivity contribution in [2.75, 3.05) is 10.6 Å². The lowest BCUT2D eigenvalue weighted by atomic mass is 10.2. The van der Waals surface area contributed by atoms with Gasteiger partial charge in [0, 0.05) is 14.1 Å². The van der Waals surface area contributed by atoms with Crippen molar-refractivity contribution in [3.8, 4) is 0 Å². The molecular weight excluding hydrogens is 212 g/mol. The fourth-order valence-corrected chi connectivity index (χ4v) is 1.63. The molecule has 0 bridgehead atoms. The van der Waals surface area contributed by atoms with Gasteiger partial charge in [0.2, 0.25) is 5.91 Å². The summed E-state index contributed by atoms with van der Waals surface area (Å²) in [7, 11) is 2.91. The molecule has 0 aromatic carbocycles. The third-order valence-corrected chi connectivity index (χ3v) is 2.66. The zero-order chi connectivity index (χ0) is 12.0. The van der Waals surface area contributed by atoms with Crippen LogP contribution >= 0.6 is 0 Å². The molecule has 1 aliphatic rings. The summed E-state index contributed by atoms with van der Waals surface area (Å²) in [6.45, 7) is 1.65. The second kappa shape index (κ2) is 3.22. The molecule has 1 aliphatic heterocycles. The van der Waals surface area contributed by atoms with E-state index in [0.29, 0.717) is 5.82 Å². The van der Waals surface area contributed by atoms with E-state index in [1.54, 1.807) is 6.92 Å². The summed E-state index contributed by atoms with van der Waals surface area (Å²) >= 11 is 0. The number of hydrogen-bond acceptors (Lipinski definition) is 4. The molecule has 1 unspecified atom stereocenters. The standard InChI is InChI=1S/C9H12N4O3/c1-4-7(14)11-5-6(10-4)12(2)9(16)13(3)8(5)15/h4,10H,1-3H3,(H,11,14). The van der Waals surface area contributed by atoms with E-state index < -0.39 is 17.3 Å². The second-order valence-electron chi connectivity index (χ2n) is 3.78. The van der Waals surface area contributed by atoms with E-state index in [-0.39, 0.29) is 11.6 Å². The Morgan fingerprint density at radius 2 is 1.75 bits per heavy atom. The van der Waals surface area contributed by atoms with Gasteiger partial charge < -0.3 is 10.6 Å². The predicted molar refractivity (Wildman–Crippen MR) is 58.6 cm³/mol. The Bertz CT molecular complexity index is 584. The molecule has 7 nitrogen and oxygen atoms in total. The van der Waals surface area contributed by atoms with Gasteiger partial charge in [-0.2, -0.15) is 0 Å². The maximum absolute atomic E-state index is 11.7. The number of amides is 1. The lowest BCUT2D eigenvalue weighted by Gasteiger charge is -2.25. The van der Waals surface area contributed by atoms with Gasteiger partial charge in [-0.15, -0.1) is 0 Å². The van der Waals surface area contributed by atoms with Crippen LogP contribution in [0.4, 0.5) is 11.5 Å². The monoisotopic (exact) mass is 224 g/mol. The van der Waals surface area contributed by atoms with Crippen molar-refractivity contribution in [2.24, 2.45) is 14.1 Å². The van der Waals surface area contributed by atoms with Crippen molar-refractivity contribution in [2.45, 2.75) is 13.0 Å². The van der Waals surface area contributed by atoms with Crippen LogP contribution in [0.5, 0.6) is 0 Å². The fourth-order valence-electron chi connectivity index (χ4n) is 1.63. The highest BCUT2D eigenvalue weighted by molar-refractivity contribution is 6.01. The van der Waals surface area contributed by atoms with Crippen LogP contribution in [0.2, 0.25) is 0 Å². The first-order chi connectivity index (χ1) is 7.43. The Kier molecular flexibility index (Phi) is 2.11. The number of nitrogens with one attached hydrogen (secondary N) is 2. The van der Waals surface area contributed by atoms with Crippen LogP contribution in [0.3, 0.4) is 0 Å². The van der Waals surface area contributed by atoms with Crippen LogP contribution < -0.4 is 21.9 Å². The van der Waals surface area contributed by atoms with Crippen molar-refractivity contribution in [1.29, 1.82) is 0 Å². The molecule has 1 atom stereocenters. The molecule has 1 aromatic heterocycles. The minimum Gasteiger partial charge on any atom is -0.358 e. The fraction of sp³-hybridized carbons (Fsp3) is 0.444.